The topological polar surface area (TPSA) is 58.0 Å². The van der Waals surface area contributed by atoms with E-state index < -0.39 is 0 Å². The number of carbonyl (C=O) groups is 1. The highest BCUT2D eigenvalue weighted by Gasteiger charge is 2.28. The van der Waals surface area contributed by atoms with E-state index in [0.717, 1.165) is 11.5 Å². The summed E-state index contributed by atoms with van der Waals surface area (Å²) in [7, 11) is 4.02. The molecule has 1 unspecified atom stereocenters. The lowest BCUT2D eigenvalue weighted by Crippen LogP contribution is -2.53. The number of ether oxygens (including phenoxy) is 1. The lowest BCUT2D eigenvalue weighted by Gasteiger charge is -2.35. The zero-order valence-electron chi connectivity index (χ0n) is 14.2. The zero-order valence-corrected chi connectivity index (χ0v) is 14.2. The number of morpholine rings is 1. The molecule has 1 fully saturated rings. The monoisotopic (exact) mass is 309 g/mol. The highest BCUT2D eigenvalue weighted by Crippen LogP contribution is 2.24. The van der Waals surface area contributed by atoms with Crippen LogP contribution >= 0.6 is 0 Å². The Morgan fingerprint density at radius 3 is 2.77 bits per heavy atom. The molecule has 6 nitrogen and oxygen atoms in total. The third kappa shape index (κ3) is 4.01. The molecule has 22 heavy (non-hydrogen) atoms. The largest absolute Gasteiger partial charge is 0.464 e. The number of rotatable bonds is 4. The maximum atomic E-state index is 12.4. The Morgan fingerprint density at radius 2 is 2.18 bits per heavy atom. The number of aryl methyl sites for hydroxylation is 1. The van der Waals surface area contributed by atoms with E-state index >= 15 is 0 Å². The van der Waals surface area contributed by atoms with Crippen LogP contribution in [0.15, 0.2) is 16.5 Å². The predicted molar refractivity (Wildman–Crippen MR) is 84.9 cm³/mol. The van der Waals surface area contributed by atoms with Crippen LogP contribution in [0.5, 0.6) is 0 Å². The SMILES string of the molecule is Cc1ccc(C2CN(C(=O)NCC(C)(C)N(C)C)CCO2)o1. The molecule has 1 saturated heterocycles. The van der Waals surface area contributed by atoms with Crippen molar-refractivity contribution < 1.29 is 13.9 Å². The van der Waals surface area contributed by atoms with Crippen LogP contribution in [-0.2, 0) is 4.74 Å². The number of furan rings is 1. The molecule has 1 aromatic heterocycles. The van der Waals surface area contributed by atoms with E-state index in [-0.39, 0.29) is 17.7 Å². The molecule has 1 aliphatic heterocycles. The van der Waals surface area contributed by atoms with Gasteiger partial charge in [0, 0.05) is 18.6 Å². The third-order valence-electron chi connectivity index (χ3n) is 4.32. The number of likely N-dealkylation sites (N-methyl/N-ethyl adjacent to an activating group) is 1. The first-order valence-electron chi connectivity index (χ1n) is 7.68. The van der Waals surface area contributed by atoms with E-state index in [4.69, 9.17) is 9.15 Å². The maximum Gasteiger partial charge on any atom is 0.317 e. The molecule has 0 radical (unpaired) electrons. The van der Waals surface area contributed by atoms with E-state index in [0.29, 0.717) is 26.2 Å². The van der Waals surface area contributed by atoms with Crippen LogP contribution < -0.4 is 5.32 Å². The normalized spacial score (nSPS) is 19.5. The van der Waals surface area contributed by atoms with E-state index in [1.54, 1.807) is 4.90 Å². The summed E-state index contributed by atoms with van der Waals surface area (Å²) in [5.41, 5.74) is -0.0839. The molecule has 0 aromatic carbocycles. The molecule has 2 rings (SSSR count). The lowest BCUT2D eigenvalue weighted by atomic mass is 10.0. The minimum absolute atomic E-state index is 0.0495. The predicted octanol–water partition coefficient (Wildman–Crippen LogP) is 2.01. The Kier molecular flexibility index (Phi) is 5.13. The van der Waals surface area contributed by atoms with Crippen molar-refractivity contribution in [2.75, 3.05) is 40.3 Å². The molecule has 2 heterocycles. The van der Waals surface area contributed by atoms with Gasteiger partial charge in [-0.1, -0.05) is 0 Å². The number of hydrogen-bond donors (Lipinski definition) is 1. The summed E-state index contributed by atoms with van der Waals surface area (Å²) in [6, 6.07) is 3.78. The van der Waals surface area contributed by atoms with Crippen LogP contribution in [0.1, 0.15) is 31.5 Å². The Labute approximate surface area is 132 Å². The van der Waals surface area contributed by atoms with E-state index in [1.165, 1.54) is 0 Å². The molecule has 0 saturated carbocycles. The third-order valence-corrected chi connectivity index (χ3v) is 4.32. The number of hydrogen-bond acceptors (Lipinski definition) is 4. The smallest absolute Gasteiger partial charge is 0.317 e. The Morgan fingerprint density at radius 1 is 1.45 bits per heavy atom. The molecule has 1 N–H and O–H groups in total. The molecular weight excluding hydrogens is 282 g/mol. The molecule has 0 bridgehead atoms. The van der Waals surface area contributed by atoms with Gasteiger partial charge in [-0.3, -0.25) is 0 Å². The minimum atomic E-state index is -0.185. The second kappa shape index (κ2) is 6.71. The van der Waals surface area contributed by atoms with Crippen molar-refractivity contribution in [2.24, 2.45) is 0 Å². The van der Waals surface area contributed by atoms with E-state index in [2.05, 4.69) is 24.1 Å². The van der Waals surface area contributed by atoms with Gasteiger partial charge in [-0.15, -0.1) is 0 Å². The van der Waals surface area contributed by atoms with Crippen LogP contribution in [0.2, 0.25) is 0 Å². The average Bonchev–Trinajstić information content (AvgIpc) is 2.91. The van der Waals surface area contributed by atoms with Gasteiger partial charge in [-0.2, -0.15) is 0 Å². The molecular formula is C16H27N3O3. The minimum Gasteiger partial charge on any atom is -0.464 e. The Hall–Kier alpha value is -1.53. The van der Waals surface area contributed by atoms with Gasteiger partial charge in [0.25, 0.3) is 0 Å². The van der Waals surface area contributed by atoms with Gasteiger partial charge in [0.05, 0.1) is 13.2 Å². The number of amides is 2. The zero-order chi connectivity index (χ0) is 16.3. The number of carbonyl (C=O) groups excluding carboxylic acids is 1. The summed E-state index contributed by atoms with van der Waals surface area (Å²) in [4.78, 5) is 16.2. The molecule has 124 valence electrons. The lowest BCUT2D eigenvalue weighted by molar-refractivity contribution is -0.0266. The molecule has 6 heteroatoms. The van der Waals surface area contributed by atoms with Crippen LogP contribution in [-0.4, -0.2) is 61.7 Å². The van der Waals surface area contributed by atoms with Crippen molar-refractivity contribution >= 4 is 6.03 Å². The van der Waals surface area contributed by atoms with Crippen molar-refractivity contribution in [3.8, 4) is 0 Å². The van der Waals surface area contributed by atoms with Gasteiger partial charge in [0.1, 0.15) is 17.6 Å². The van der Waals surface area contributed by atoms with Crippen molar-refractivity contribution in [2.45, 2.75) is 32.4 Å². The summed E-state index contributed by atoms with van der Waals surface area (Å²) < 4.78 is 11.3. The molecule has 1 aliphatic rings. The highest BCUT2D eigenvalue weighted by molar-refractivity contribution is 5.74. The van der Waals surface area contributed by atoms with Crippen LogP contribution in [0.25, 0.3) is 0 Å². The van der Waals surface area contributed by atoms with Gasteiger partial charge in [0.2, 0.25) is 0 Å². The quantitative estimate of drug-likeness (QED) is 0.924. The number of nitrogens with zero attached hydrogens (tertiary/aromatic N) is 2. The summed E-state index contributed by atoms with van der Waals surface area (Å²) in [6.45, 7) is 8.34. The second-order valence-corrected chi connectivity index (χ2v) is 6.62. The molecule has 0 aliphatic carbocycles. The van der Waals surface area contributed by atoms with Gasteiger partial charge in [-0.25, -0.2) is 4.79 Å². The Bertz CT molecular complexity index is 510. The summed E-state index contributed by atoms with van der Waals surface area (Å²) in [5, 5.41) is 3.01. The average molecular weight is 309 g/mol. The van der Waals surface area contributed by atoms with Gasteiger partial charge in [-0.05, 0) is 47.0 Å². The van der Waals surface area contributed by atoms with Crippen molar-refractivity contribution in [3.63, 3.8) is 0 Å². The fraction of sp³-hybridized carbons (Fsp3) is 0.688. The first-order valence-corrected chi connectivity index (χ1v) is 7.68. The summed E-state index contributed by atoms with van der Waals surface area (Å²) >= 11 is 0. The van der Waals surface area contributed by atoms with Crippen LogP contribution in [0.3, 0.4) is 0 Å². The first kappa shape index (κ1) is 16.8. The second-order valence-electron chi connectivity index (χ2n) is 6.62. The van der Waals surface area contributed by atoms with Gasteiger partial charge >= 0.3 is 6.03 Å². The van der Waals surface area contributed by atoms with Crippen molar-refractivity contribution in [1.82, 2.24) is 15.1 Å². The van der Waals surface area contributed by atoms with Crippen LogP contribution in [0, 0.1) is 6.92 Å². The molecule has 0 spiro atoms. The van der Waals surface area contributed by atoms with E-state index in [9.17, 15) is 4.79 Å². The molecule has 1 atom stereocenters. The summed E-state index contributed by atoms with van der Waals surface area (Å²) in [6.07, 6.45) is -0.185. The van der Waals surface area contributed by atoms with Crippen LogP contribution in [0.4, 0.5) is 4.79 Å². The van der Waals surface area contributed by atoms with Gasteiger partial charge in [0.15, 0.2) is 0 Å². The Balaban J connectivity index is 1.90. The summed E-state index contributed by atoms with van der Waals surface area (Å²) in [5.74, 6) is 1.64. The van der Waals surface area contributed by atoms with Gasteiger partial charge < -0.3 is 24.3 Å². The molecule has 2 amide bonds. The highest BCUT2D eigenvalue weighted by atomic mass is 16.5. The first-order chi connectivity index (χ1) is 10.3. The fourth-order valence-electron chi connectivity index (χ4n) is 2.19. The van der Waals surface area contributed by atoms with Crippen molar-refractivity contribution in [3.05, 3.63) is 23.7 Å². The number of nitrogens with one attached hydrogen (secondary N) is 1. The fourth-order valence-corrected chi connectivity index (χ4v) is 2.19. The molecule has 1 aromatic rings. The van der Waals surface area contributed by atoms with Crippen molar-refractivity contribution in [1.29, 1.82) is 0 Å². The van der Waals surface area contributed by atoms with E-state index in [1.807, 2.05) is 33.2 Å². The standard InChI is InChI=1S/C16H27N3O3/c1-12-6-7-13(22-12)14-10-19(8-9-21-14)15(20)17-11-16(2,3)18(4)5/h6-7,14H,8-11H2,1-5H3,(H,17,20). The maximum absolute atomic E-state index is 12.4. The number of urea groups is 1.